The Bertz CT molecular complexity index is 1030. The molecule has 0 heterocycles. The van der Waals surface area contributed by atoms with Crippen LogP contribution in [-0.4, -0.2) is 19.6 Å². The van der Waals surface area contributed by atoms with Crippen molar-refractivity contribution in [2.75, 3.05) is 19.0 Å². The number of hydrogen-bond donors (Lipinski definition) is 2. The van der Waals surface area contributed by atoms with Crippen molar-refractivity contribution in [3.05, 3.63) is 84.1 Å². The first-order valence-corrected chi connectivity index (χ1v) is 8.96. The summed E-state index contributed by atoms with van der Waals surface area (Å²) in [6, 6.07) is 23.5. The van der Waals surface area contributed by atoms with E-state index in [0.717, 1.165) is 27.8 Å². The van der Waals surface area contributed by atoms with Gasteiger partial charge in [-0.05, 0) is 47.0 Å². The number of carbonyl (C=O) groups is 1. The molecule has 28 heavy (non-hydrogen) atoms. The second-order valence-electron chi connectivity index (χ2n) is 6.23. The van der Waals surface area contributed by atoms with E-state index >= 15 is 0 Å². The maximum absolute atomic E-state index is 12.2. The Hall–Kier alpha value is -3.78. The topological polar surface area (TPSA) is 74.1 Å². The molecular formula is C23H21N3O2. The van der Waals surface area contributed by atoms with Crippen molar-refractivity contribution >= 4 is 22.4 Å². The van der Waals surface area contributed by atoms with Crippen LogP contribution in [-0.2, 0) is 11.2 Å². The van der Waals surface area contributed by atoms with Gasteiger partial charge in [0.25, 0.3) is 5.91 Å². The molecule has 0 unspecified atom stereocenters. The smallest absolute Gasteiger partial charge is 0.263 e. The zero-order valence-corrected chi connectivity index (χ0v) is 15.6. The average Bonchev–Trinajstić information content (AvgIpc) is 2.74. The first kappa shape index (κ1) is 19.0. The molecule has 0 aliphatic carbocycles. The Morgan fingerprint density at radius 1 is 1.07 bits per heavy atom. The molecule has 0 saturated heterocycles. The molecular weight excluding hydrogens is 350 g/mol. The maximum Gasteiger partial charge on any atom is 0.263 e. The summed E-state index contributed by atoms with van der Waals surface area (Å²) in [5, 5.41) is 17.3. The van der Waals surface area contributed by atoms with Crippen LogP contribution in [0.1, 0.15) is 5.56 Å². The fourth-order valence-electron chi connectivity index (χ4n) is 2.79. The molecule has 2 N–H and O–H groups in total. The molecule has 1 amide bonds. The van der Waals surface area contributed by atoms with Crippen LogP contribution >= 0.6 is 0 Å². The molecule has 3 rings (SSSR count). The van der Waals surface area contributed by atoms with Gasteiger partial charge in [0.15, 0.2) is 0 Å². The predicted molar refractivity (Wildman–Crippen MR) is 111 cm³/mol. The van der Waals surface area contributed by atoms with Crippen molar-refractivity contribution < 1.29 is 9.53 Å². The molecule has 0 aromatic heterocycles. The molecule has 5 nitrogen and oxygen atoms in total. The van der Waals surface area contributed by atoms with Gasteiger partial charge in [-0.15, -0.1) is 0 Å². The highest BCUT2D eigenvalue weighted by Gasteiger charge is 2.08. The average molecular weight is 371 g/mol. The van der Waals surface area contributed by atoms with Crippen LogP contribution in [0, 0.1) is 11.3 Å². The van der Waals surface area contributed by atoms with Crippen molar-refractivity contribution in [3.63, 3.8) is 0 Å². The molecule has 0 atom stereocenters. The van der Waals surface area contributed by atoms with Gasteiger partial charge in [0.05, 0.1) is 7.11 Å². The zero-order chi connectivity index (χ0) is 19.8. The molecule has 5 heteroatoms. The first-order valence-electron chi connectivity index (χ1n) is 8.96. The summed E-state index contributed by atoms with van der Waals surface area (Å²) < 4.78 is 5.12. The minimum Gasteiger partial charge on any atom is -0.497 e. The van der Waals surface area contributed by atoms with Crippen LogP contribution in [0.25, 0.3) is 10.8 Å². The van der Waals surface area contributed by atoms with Crippen molar-refractivity contribution in [3.8, 4) is 11.8 Å². The van der Waals surface area contributed by atoms with E-state index in [2.05, 4.69) is 10.6 Å². The van der Waals surface area contributed by atoms with E-state index in [4.69, 9.17) is 4.74 Å². The fourth-order valence-corrected chi connectivity index (χ4v) is 2.79. The quantitative estimate of drug-likeness (QED) is 0.486. The Kier molecular flexibility index (Phi) is 6.27. The Balaban J connectivity index is 1.56. The van der Waals surface area contributed by atoms with E-state index in [-0.39, 0.29) is 5.57 Å². The largest absolute Gasteiger partial charge is 0.497 e. The second-order valence-corrected chi connectivity index (χ2v) is 6.23. The van der Waals surface area contributed by atoms with Crippen LogP contribution in [0.4, 0.5) is 5.69 Å². The van der Waals surface area contributed by atoms with Gasteiger partial charge in [-0.3, -0.25) is 4.79 Å². The van der Waals surface area contributed by atoms with E-state index in [9.17, 15) is 10.1 Å². The van der Waals surface area contributed by atoms with Gasteiger partial charge in [0, 0.05) is 18.4 Å². The highest BCUT2D eigenvalue weighted by atomic mass is 16.5. The highest BCUT2D eigenvalue weighted by molar-refractivity contribution is 5.97. The number of carbonyl (C=O) groups excluding carboxylic acids is 1. The Morgan fingerprint density at radius 3 is 2.54 bits per heavy atom. The van der Waals surface area contributed by atoms with Gasteiger partial charge in [-0.25, -0.2) is 0 Å². The number of rotatable bonds is 7. The molecule has 140 valence electrons. The van der Waals surface area contributed by atoms with Crippen molar-refractivity contribution in [2.45, 2.75) is 6.42 Å². The number of nitrogens with one attached hydrogen (secondary N) is 2. The summed E-state index contributed by atoms with van der Waals surface area (Å²) in [5.74, 6) is 0.395. The normalized spacial score (nSPS) is 10.9. The monoisotopic (exact) mass is 371 g/mol. The summed E-state index contributed by atoms with van der Waals surface area (Å²) in [7, 11) is 1.62. The van der Waals surface area contributed by atoms with Crippen LogP contribution in [0.2, 0.25) is 0 Å². The summed E-state index contributed by atoms with van der Waals surface area (Å²) in [6.07, 6.45) is 2.11. The number of fused-ring (bicyclic) bond motifs is 1. The minimum atomic E-state index is -0.399. The maximum atomic E-state index is 12.2. The van der Waals surface area contributed by atoms with Gasteiger partial charge >= 0.3 is 0 Å². The third-order valence-electron chi connectivity index (χ3n) is 4.36. The van der Waals surface area contributed by atoms with Gasteiger partial charge in [0.2, 0.25) is 0 Å². The second kappa shape index (κ2) is 9.24. The third-order valence-corrected chi connectivity index (χ3v) is 4.36. The van der Waals surface area contributed by atoms with E-state index in [1.165, 1.54) is 6.20 Å². The number of nitrogens with zero attached hydrogens (tertiary/aromatic N) is 1. The molecule has 0 radical (unpaired) electrons. The lowest BCUT2D eigenvalue weighted by atomic mass is 10.1. The summed E-state index contributed by atoms with van der Waals surface area (Å²) in [4.78, 5) is 12.2. The van der Waals surface area contributed by atoms with Crippen LogP contribution < -0.4 is 15.4 Å². The molecule has 0 aliphatic rings. The standard InChI is InChI=1S/C23H21N3O2/c1-28-22-10-6-17(7-11-22)12-13-25-23(27)20(15-24)16-26-21-9-8-18-4-2-3-5-19(18)14-21/h2-11,14,16,26H,12-13H2,1H3,(H,25,27)/b20-16-. The predicted octanol–water partition coefficient (Wildman–Crippen LogP) is 4.03. The number of ether oxygens (including phenoxy) is 1. The molecule has 0 aliphatic heterocycles. The van der Waals surface area contributed by atoms with Crippen molar-refractivity contribution in [2.24, 2.45) is 0 Å². The number of nitriles is 1. The number of hydrogen-bond acceptors (Lipinski definition) is 4. The lowest BCUT2D eigenvalue weighted by molar-refractivity contribution is -0.117. The zero-order valence-electron chi connectivity index (χ0n) is 15.6. The van der Waals surface area contributed by atoms with E-state index < -0.39 is 5.91 Å². The summed E-state index contributed by atoms with van der Waals surface area (Å²) >= 11 is 0. The van der Waals surface area contributed by atoms with E-state index in [1.54, 1.807) is 7.11 Å². The minimum absolute atomic E-state index is 0.0305. The number of methoxy groups -OCH3 is 1. The lowest BCUT2D eigenvalue weighted by Gasteiger charge is -2.07. The lowest BCUT2D eigenvalue weighted by Crippen LogP contribution is -2.27. The third kappa shape index (κ3) is 4.89. The van der Waals surface area contributed by atoms with E-state index in [0.29, 0.717) is 13.0 Å². The molecule has 3 aromatic rings. The SMILES string of the molecule is COc1ccc(CCNC(=O)/C(C#N)=C\Nc2ccc3ccccc3c2)cc1. The summed E-state index contributed by atoms with van der Waals surface area (Å²) in [5.41, 5.74) is 1.93. The van der Waals surface area contributed by atoms with Crippen LogP contribution in [0.3, 0.4) is 0 Å². The molecule has 3 aromatic carbocycles. The molecule has 0 saturated carbocycles. The first-order chi connectivity index (χ1) is 13.7. The molecule has 0 fully saturated rings. The van der Waals surface area contributed by atoms with Crippen molar-refractivity contribution in [1.82, 2.24) is 5.32 Å². The number of anilines is 1. The number of amides is 1. The molecule has 0 bridgehead atoms. The van der Waals surface area contributed by atoms with Crippen molar-refractivity contribution in [1.29, 1.82) is 5.26 Å². The molecule has 0 spiro atoms. The van der Waals surface area contributed by atoms with Gasteiger partial charge in [-0.2, -0.15) is 5.26 Å². The van der Waals surface area contributed by atoms with Crippen LogP contribution in [0.15, 0.2) is 78.5 Å². The van der Waals surface area contributed by atoms with Gasteiger partial charge in [-0.1, -0.05) is 42.5 Å². The number of benzene rings is 3. The Morgan fingerprint density at radius 2 is 1.82 bits per heavy atom. The highest BCUT2D eigenvalue weighted by Crippen LogP contribution is 2.19. The van der Waals surface area contributed by atoms with Gasteiger partial charge < -0.3 is 15.4 Å². The summed E-state index contributed by atoms with van der Waals surface area (Å²) in [6.45, 7) is 0.445. The van der Waals surface area contributed by atoms with E-state index in [1.807, 2.05) is 72.8 Å². The Labute approximate surface area is 164 Å². The van der Waals surface area contributed by atoms with Gasteiger partial charge in [0.1, 0.15) is 17.4 Å². The fraction of sp³-hybridized carbons (Fsp3) is 0.130. The van der Waals surface area contributed by atoms with Crippen LogP contribution in [0.5, 0.6) is 5.75 Å².